The lowest BCUT2D eigenvalue weighted by molar-refractivity contribution is -0.138. The van der Waals surface area contributed by atoms with Gasteiger partial charge in [0, 0.05) is 5.57 Å². The summed E-state index contributed by atoms with van der Waals surface area (Å²) in [5.41, 5.74) is 1.13. The second-order valence-corrected chi connectivity index (χ2v) is 4.02. The van der Waals surface area contributed by atoms with Gasteiger partial charge in [-0.15, -0.1) is 0 Å². The second kappa shape index (κ2) is 4.10. The molecule has 1 saturated heterocycles. The summed E-state index contributed by atoms with van der Waals surface area (Å²) in [6, 6.07) is 9.24. The molecule has 0 radical (unpaired) electrons. The fourth-order valence-corrected chi connectivity index (χ4v) is 2.04. The van der Waals surface area contributed by atoms with Crippen LogP contribution in [0.2, 0.25) is 0 Å². The van der Waals surface area contributed by atoms with Gasteiger partial charge in [0.05, 0.1) is 12.0 Å². The van der Waals surface area contributed by atoms with E-state index >= 15 is 0 Å². The standard InChI is InChI=1S/C13H14O3/c1-8-11(9(2)16-13(8)15)12(14)10-6-4-3-5-7-10/h3-7,9,11-12,14H,1H2,2H3/t9-,11+,12+/m0/s1. The molecule has 1 aliphatic rings. The van der Waals surface area contributed by atoms with Gasteiger partial charge in [0.15, 0.2) is 0 Å². The van der Waals surface area contributed by atoms with E-state index in [-0.39, 0.29) is 12.0 Å². The van der Waals surface area contributed by atoms with E-state index in [4.69, 9.17) is 4.74 Å². The summed E-state index contributed by atoms with van der Waals surface area (Å²) >= 11 is 0. The minimum absolute atomic E-state index is 0.324. The molecular weight excluding hydrogens is 204 g/mol. The summed E-state index contributed by atoms with van der Waals surface area (Å²) in [6.45, 7) is 5.45. The first-order valence-corrected chi connectivity index (χ1v) is 5.24. The van der Waals surface area contributed by atoms with Gasteiger partial charge in [-0.05, 0) is 12.5 Å². The lowest BCUT2D eigenvalue weighted by atomic mass is 9.88. The van der Waals surface area contributed by atoms with E-state index in [1.165, 1.54) is 0 Å². The molecule has 1 aromatic carbocycles. The molecule has 0 unspecified atom stereocenters. The van der Waals surface area contributed by atoms with Crippen LogP contribution in [0, 0.1) is 5.92 Å². The summed E-state index contributed by atoms with van der Waals surface area (Å²) < 4.78 is 5.03. The van der Waals surface area contributed by atoms with Crippen LogP contribution in [-0.4, -0.2) is 17.2 Å². The molecule has 1 N–H and O–H groups in total. The first-order valence-electron chi connectivity index (χ1n) is 5.24. The Morgan fingerprint density at radius 1 is 1.38 bits per heavy atom. The highest BCUT2D eigenvalue weighted by atomic mass is 16.6. The number of ether oxygens (including phenoxy) is 1. The van der Waals surface area contributed by atoms with Crippen molar-refractivity contribution < 1.29 is 14.6 Å². The van der Waals surface area contributed by atoms with E-state index in [0.29, 0.717) is 5.57 Å². The maximum Gasteiger partial charge on any atom is 0.334 e. The molecule has 1 heterocycles. The van der Waals surface area contributed by atoms with E-state index in [1.54, 1.807) is 6.92 Å². The lowest BCUT2D eigenvalue weighted by Crippen LogP contribution is -2.20. The van der Waals surface area contributed by atoms with Crippen LogP contribution >= 0.6 is 0 Å². The Labute approximate surface area is 94.4 Å². The monoisotopic (exact) mass is 218 g/mol. The number of aliphatic hydroxyl groups excluding tert-OH is 1. The van der Waals surface area contributed by atoms with Crippen LogP contribution in [0.3, 0.4) is 0 Å². The van der Waals surface area contributed by atoms with E-state index in [1.807, 2.05) is 30.3 Å². The molecule has 0 aromatic heterocycles. The van der Waals surface area contributed by atoms with Crippen LogP contribution in [0.15, 0.2) is 42.5 Å². The van der Waals surface area contributed by atoms with Crippen molar-refractivity contribution in [2.75, 3.05) is 0 Å². The average Bonchev–Trinajstić information content (AvgIpc) is 2.54. The van der Waals surface area contributed by atoms with Gasteiger partial charge in [-0.3, -0.25) is 0 Å². The van der Waals surface area contributed by atoms with Crippen molar-refractivity contribution in [2.24, 2.45) is 5.92 Å². The largest absolute Gasteiger partial charge is 0.459 e. The van der Waals surface area contributed by atoms with Crippen LogP contribution in [0.25, 0.3) is 0 Å². The lowest BCUT2D eigenvalue weighted by Gasteiger charge is -2.20. The van der Waals surface area contributed by atoms with Gasteiger partial charge < -0.3 is 9.84 Å². The molecule has 3 nitrogen and oxygen atoms in total. The van der Waals surface area contributed by atoms with E-state index < -0.39 is 12.1 Å². The van der Waals surface area contributed by atoms with Crippen LogP contribution < -0.4 is 0 Å². The number of esters is 1. The van der Waals surface area contributed by atoms with Gasteiger partial charge in [-0.2, -0.15) is 0 Å². The molecule has 1 aromatic rings. The molecule has 3 heteroatoms. The molecule has 0 bridgehead atoms. The number of cyclic esters (lactones) is 1. The maximum atomic E-state index is 11.3. The Morgan fingerprint density at radius 3 is 2.50 bits per heavy atom. The molecule has 0 spiro atoms. The predicted molar refractivity (Wildman–Crippen MR) is 59.6 cm³/mol. The number of benzene rings is 1. The number of hydrogen-bond donors (Lipinski definition) is 1. The van der Waals surface area contributed by atoms with Crippen molar-refractivity contribution in [1.29, 1.82) is 0 Å². The predicted octanol–water partition coefficient (Wildman–Crippen LogP) is 1.84. The molecule has 0 aliphatic carbocycles. The van der Waals surface area contributed by atoms with Crippen molar-refractivity contribution in [3.05, 3.63) is 48.0 Å². The van der Waals surface area contributed by atoms with Crippen molar-refractivity contribution in [2.45, 2.75) is 19.1 Å². The number of carbonyl (C=O) groups excluding carboxylic acids is 1. The third-order valence-electron chi connectivity index (χ3n) is 2.94. The molecule has 2 rings (SSSR count). The average molecular weight is 218 g/mol. The molecule has 1 aliphatic heterocycles. The number of hydrogen-bond acceptors (Lipinski definition) is 3. The van der Waals surface area contributed by atoms with Gasteiger partial charge in [-0.1, -0.05) is 36.9 Å². The first-order chi connectivity index (χ1) is 7.61. The summed E-state index contributed by atoms with van der Waals surface area (Å²) in [4.78, 5) is 11.3. The Hall–Kier alpha value is -1.61. The highest BCUT2D eigenvalue weighted by Gasteiger charge is 2.40. The van der Waals surface area contributed by atoms with E-state index in [2.05, 4.69) is 6.58 Å². The number of rotatable bonds is 2. The summed E-state index contributed by atoms with van der Waals surface area (Å²) in [5, 5.41) is 10.2. The van der Waals surface area contributed by atoms with Crippen LogP contribution in [0.5, 0.6) is 0 Å². The Kier molecular flexibility index (Phi) is 2.79. The SMILES string of the molecule is C=C1C(=O)O[C@@H](C)[C@@H]1[C@H](O)c1ccccc1. The zero-order chi connectivity index (χ0) is 11.7. The molecule has 1 fully saturated rings. The topological polar surface area (TPSA) is 46.5 Å². The zero-order valence-electron chi connectivity index (χ0n) is 9.09. The maximum absolute atomic E-state index is 11.3. The molecule has 16 heavy (non-hydrogen) atoms. The third-order valence-corrected chi connectivity index (χ3v) is 2.94. The molecule has 0 amide bonds. The van der Waals surface area contributed by atoms with Crippen molar-refractivity contribution >= 4 is 5.97 Å². The molecule has 0 saturated carbocycles. The minimum atomic E-state index is -0.741. The summed E-state index contributed by atoms with van der Waals surface area (Å²) in [5.74, 6) is -0.762. The Bertz CT molecular complexity index is 410. The quantitative estimate of drug-likeness (QED) is 0.608. The zero-order valence-corrected chi connectivity index (χ0v) is 9.09. The van der Waals surface area contributed by atoms with Gasteiger partial charge in [0.25, 0.3) is 0 Å². The van der Waals surface area contributed by atoms with Crippen LogP contribution in [0.1, 0.15) is 18.6 Å². The second-order valence-electron chi connectivity index (χ2n) is 4.02. The van der Waals surface area contributed by atoms with Crippen molar-refractivity contribution in [3.8, 4) is 0 Å². The van der Waals surface area contributed by atoms with Gasteiger partial charge in [0.2, 0.25) is 0 Å². The van der Waals surface area contributed by atoms with E-state index in [0.717, 1.165) is 5.56 Å². The molecule has 3 atom stereocenters. The summed E-state index contributed by atoms with van der Waals surface area (Å²) in [6.07, 6.45) is -1.06. The fraction of sp³-hybridized carbons (Fsp3) is 0.308. The van der Waals surface area contributed by atoms with Gasteiger partial charge >= 0.3 is 5.97 Å². The number of carbonyl (C=O) groups is 1. The van der Waals surface area contributed by atoms with Crippen molar-refractivity contribution in [1.82, 2.24) is 0 Å². The third kappa shape index (κ3) is 1.74. The molecular formula is C13H14O3. The van der Waals surface area contributed by atoms with Gasteiger partial charge in [0.1, 0.15) is 6.10 Å². The normalized spacial score (nSPS) is 26.6. The van der Waals surface area contributed by atoms with Crippen LogP contribution in [0.4, 0.5) is 0 Å². The highest BCUT2D eigenvalue weighted by molar-refractivity contribution is 5.90. The Balaban J connectivity index is 2.26. The highest BCUT2D eigenvalue weighted by Crippen LogP contribution is 2.36. The smallest absolute Gasteiger partial charge is 0.334 e. The first kappa shape index (κ1) is 10.9. The van der Waals surface area contributed by atoms with Gasteiger partial charge in [-0.25, -0.2) is 4.79 Å². The van der Waals surface area contributed by atoms with Crippen LogP contribution in [-0.2, 0) is 9.53 Å². The fourth-order valence-electron chi connectivity index (χ4n) is 2.04. The molecule has 84 valence electrons. The minimum Gasteiger partial charge on any atom is -0.459 e. The van der Waals surface area contributed by atoms with E-state index in [9.17, 15) is 9.90 Å². The number of aliphatic hydroxyl groups is 1. The summed E-state index contributed by atoms with van der Waals surface area (Å²) in [7, 11) is 0. The Morgan fingerprint density at radius 2 is 2.00 bits per heavy atom. The van der Waals surface area contributed by atoms with Crippen molar-refractivity contribution in [3.63, 3.8) is 0 Å².